The summed E-state index contributed by atoms with van der Waals surface area (Å²) in [6.45, 7) is 1.18. The molecule has 0 radical (unpaired) electrons. The van der Waals surface area contributed by atoms with Gasteiger partial charge in [-0.3, -0.25) is 0 Å². The zero-order valence-corrected chi connectivity index (χ0v) is 14.6. The second-order valence-electron chi connectivity index (χ2n) is 4.95. The summed E-state index contributed by atoms with van der Waals surface area (Å²) in [6, 6.07) is 2.88. The number of anilines is 3. The molecule has 1 aliphatic heterocycles. The van der Waals surface area contributed by atoms with Gasteiger partial charge in [-0.1, -0.05) is 23.2 Å². The molecule has 1 saturated heterocycles. The van der Waals surface area contributed by atoms with Crippen LogP contribution in [-0.2, 0) is 14.8 Å². The standard InChI is InChI=1S/C12H14Cl2N6O3S/c13-8-5-7(16-12-17-11(15)18-19-12)6-9(14)10(8)24(21,22)20-1-3-23-4-2-20/h5-6H,1-4H2,(H4,15,16,17,18,19). The Hall–Kier alpha value is -1.59. The highest BCUT2D eigenvalue weighted by Gasteiger charge is 2.30. The fourth-order valence-corrected chi connectivity index (χ4v) is 4.82. The molecular weight excluding hydrogens is 379 g/mol. The lowest BCUT2D eigenvalue weighted by Crippen LogP contribution is -2.40. The van der Waals surface area contributed by atoms with Crippen molar-refractivity contribution in [3.05, 3.63) is 22.2 Å². The first kappa shape index (κ1) is 17.2. The maximum Gasteiger partial charge on any atom is 0.248 e. The second-order valence-corrected chi connectivity index (χ2v) is 7.64. The third-order valence-corrected chi connectivity index (χ3v) is 6.15. The van der Waals surface area contributed by atoms with E-state index >= 15 is 0 Å². The van der Waals surface area contributed by atoms with Gasteiger partial charge in [0.25, 0.3) is 0 Å². The van der Waals surface area contributed by atoms with E-state index in [1.807, 2.05) is 0 Å². The third-order valence-electron chi connectivity index (χ3n) is 3.33. The first-order valence-corrected chi connectivity index (χ1v) is 9.09. The van der Waals surface area contributed by atoms with Gasteiger partial charge in [-0.15, -0.1) is 5.10 Å². The van der Waals surface area contributed by atoms with Gasteiger partial charge in [0.1, 0.15) is 4.90 Å². The number of nitrogens with one attached hydrogen (secondary N) is 2. The van der Waals surface area contributed by atoms with Crippen molar-refractivity contribution in [3.8, 4) is 0 Å². The van der Waals surface area contributed by atoms with E-state index in [4.69, 9.17) is 33.7 Å². The number of benzene rings is 1. The van der Waals surface area contributed by atoms with Crippen molar-refractivity contribution in [1.82, 2.24) is 19.5 Å². The quantitative estimate of drug-likeness (QED) is 0.718. The molecule has 0 saturated carbocycles. The van der Waals surface area contributed by atoms with Crippen molar-refractivity contribution < 1.29 is 13.2 Å². The van der Waals surface area contributed by atoms with Crippen molar-refractivity contribution in [2.24, 2.45) is 0 Å². The molecule has 130 valence electrons. The van der Waals surface area contributed by atoms with E-state index in [0.29, 0.717) is 18.9 Å². The number of morpholine rings is 1. The molecule has 0 amide bonds. The number of H-pyrrole nitrogens is 1. The average molecular weight is 393 g/mol. The van der Waals surface area contributed by atoms with Gasteiger partial charge in [-0.2, -0.15) is 9.29 Å². The number of sulfonamides is 1. The van der Waals surface area contributed by atoms with Gasteiger partial charge in [0.05, 0.1) is 23.3 Å². The number of nitrogen functional groups attached to an aromatic ring is 1. The van der Waals surface area contributed by atoms with Crippen LogP contribution in [0.15, 0.2) is 17.0 Å². The highest BCUT2D eigenvalue weighted by atomic mass is 35.5. The summed E-state index contributed by atoms with van der Waals surface area (Å²) >= 11 is 12.4. The van der Waals surface area contributed by atoms with Crippen LogP contribution in [0.25, 0.3) is 0 Å². The van der Waals surface area contributed by atoms with Crippen LogP contribution in [0, 0.1) is 0 Å². The van der Waals surface area contributed by atoms with Crippen LogP contribution in [0.1, 0.15) is 0 Å². The molecule has 24 heavy (non-hydrogen) atoms. The van der Waals surface area contributed by atoms with Gasteiger partial charge in [-0.25, -0.2) is 13.5 Å². The van der Waals surface area contributed by atoms with Crippen molar-refractivity contribution in [3.63, 3.8) is 0 Å². The maximum atomic E-state index is 12.7. The minimum absolute atomic E-state index is 0.000000472. The van der Waals surface area contributed by atoms with Crippen molar-refractivity contribution in [2.75, 3.05) is 37.4 Å². The van der Waals surface area contributed by atoms with Crippen LogP contribution in [0.4, 0.5) is 17.6 Å². The fourth-order valence-electron chi connectivity index (χ4n) is 2.25. The summed E-state index contributed by atoms with van der Waals surface area (Å²) in [6.07, 6.45) is 0. The second kappa shape index (κ2) is 6.73. The first-order valence-electron chi connectivity index (χ1n) is 6.90. The fraction of sp³-hybridized carbons (Fsp3) is 0.333. The highest BCUT2D eigenvalue weighted by molar-refractivity contribution is 7.89. The Labute approximate surface area is 148 Å². The number of rotatable bonds is 4. The number of aromatic nitrogens is 3. The number of hydrogen-bond acceptors (Lipinski definition) is 7. The molecular formula is C12H14Cl2N6O3S. The molecule has 9 nitrogen and oxygen atoms in total. The normalized spacial score (nSPS) is 16.2. The molecule has 3 rings (SSSR count). The number of halogens is 2. The van der Waals surface area contributed by atoms with Gasteiger partial charge >= 0.3 is 0 Å². The summed E-state index contributed by atoms with van der Waals surface area (Å²) in [4.78, 5) is 3.75. The molecule has 0 atom stereocenters. The monoisotopic (exact) mass is 392 g/mol. The third kappa shape index (κ3) is 3.42. The largest absolute Gasteiger partial charge is 0.379 e. The number of aromatic amines is 1. The van der Waals surface area contributed by atoms with Crippen LogP contribution in [-0.4, -0.2) is 54.2 Å². The number of nitrogens with two attached hydrogens (primary N) is 1. The molecule has 2 aromatic rings. The lowest BCUT2D eigenvalue weighted by atomic mass is 10.3. The lowest BCUT2D eigenvalue weighted by molar-refractivity contribution is 0.0730. The van der Waals surface area contributed by atoms with E-state index in [0.717, 1.165) is 0 Å². The molecule has 0 spiro atoms. The Balaban J connectivity index is 1.92. The maximum absolute atomic E-state index is 12.7. The van der Waals surface area contributed by atoms with Crippen LogP contribution in [0.5, 0.6) is 0 Å². The molecule has 0 unspecified atom stereocenters. The van der Waals surface area contributed by atoms with Crippen molar-refractivity contribution in [2.45, 2.75) is 4.90 Å². The molecule has 1 fully saturated rings. The van der Waals surface area contributed by atoms with Gasteiger partial charge in [0.2, 0.25) is 21.9 Å². The Morgan fingerprint density at radius 1 is 1.25 bits per heavy atom. The van der Waals surface area contributed by atoms with Crippen LogP contribution < -0.4 is 11.1 Å². The predicted octanol–water partition coefficient (Wildman–Crippen LogP) is 1.46. The van der Waals surface area contributed by atoms with Gasteiger partial charge < -0.3 is 15.8 Å². The van der Waals surface area contributed by atoms with E-state index in [1.54, 1.807) is 0 Å². The van der Waals surface area contributed by atoms with Crippen LogP contribution >= 0.6 is 23.2 Å². The van der Waals surface area contributed by atoms with Gasteiger partial charge in [-0.05, 0) is 12.1 Å². The predicted molar refractivity (Wildman–Crippen MR) is 90.1 cm³/mol. The Kier molecular flexibility index (Phi) is 4.83. The molecule has 1 aliphatic rings. The smallest absolute Gasteiger partial charge is 0.248 e. The topological polar surface area (TPSA) is 126 Å². The lowest BCUT2D eigenvalue weighted by Gasteiger charge is -2.26. The summed E-state index contributed by atoms with van der Waals surface area (Å²) in [5, 5.41) is 9.12. The van der Waals surface area contributed by atoms with E-state index in [-0.39, 0.29) is 39.9 Å². The van der Waals surface area contributed by atoms with E-state index in [9.17, 15) is 8.42 Å². The van der Waals surface area contributed by atoms with E-state index in [1.165, 1.54) is 16.4 Å². The van der Waals surface area contributed by atoms with E-state index in [2.05, 4.69) is 20.5 Å². The number of nitrogens with zero attached hydrogens (tertiary/aromatic N) is 3. The molecule has 0 bridgehead atoms. The summed E-state index contributed by atoms with van der Waals surface area (Å²) in [5.41, 5.74) is 5.87. The number of ether oxygens (including phenoxy) is 1. The SMILES string of the molecule is Nc1nc(Nc2cc(Cl)c(S(=O)(=O)N3CCOCC3)c(Cl)c2)n[nH]1. The van der Waals surface area contributed by atoms with Crippen molar-refractivity contribution in [1.29, 1.82) is 0 Å². The zero-order chi connectivity index (χ0) is 17.3. The molecule has 2 heterocycles. The van der Waals surface area contributed by atoms with Gasteiger partial charge in [0.15, 0.2) is 0 Å². The minimum atomic E-state index is -3.80. The summed E-state index contributed by atoms with van der Waals surface area (Å²) < 4.78 is 31.9. The zero-order valence-electron chi connectivity index (χ0n) is 12.3. The first-order chi connectivity index (χ1) is 11.4. The molecule has 12 heteroatoms. The molecule has 1 aromatic carbocycles. The van der Waals surface area contributed by atoms with E-state index < -0.39 is 10.0 Å². The summed E-state index contributed by atoms with van der Waals surface area (Å²) in [5.74, 6) is 0.352. The molecule has 0 aliphatic carbocycles. The minimum Gasteiger partial charge on any atom is -0.379 e. The Morgan fingerprint density at radius 2 is 1.88 bits per heavy atom. The summed E-state index contributed by atoms with van der Waals surface area (Å²) in [7, 11) is -3.80. The Morgan fingerprint density at radius 3 is 2.42 bits per heavy atom. The van der Waals surface area contributed by atoms with Crippen LogP contribution in [0.3, 0.4) is 0 Å². The van der Waals surface area contributed by atoms with Crippen LogP contribution in [0.2, 0.25) is 10.0 Å². The highest BCUT2D eigenvalue weighted by Crippen LogP contribution is 2.35. The molecule has 4 N–H and O–H groups in total. The number of hydrogen-bond donors (Lipinski definition) is 3. The average Bonchev–Trinajstić information content (AvgIpc) is 2.92. The van der Waals surface area contributed by atoms with Gasteiger partial charge in [0, 0.05) is 18.8 Å². The van der Waals surface area contributed by atoms with Crippen molar-refractivity contribution >= 4 is 50.8 Å². The Bertz CT molecular complexity index is 827. The molecule has 1 aromatic heterocycles.